The fraction of sp³-hybridized carbons (Fsp3) is 0. The number of halogens is 1. The van der Waals surface area contributed by atoms with Gasteiger partial charge in [-0.3, -0.25) is 24.8 Å². The minimum atomic E-state index is -0.473. The average Bonchev–Trinajstić information content (AvgIpc) is 3.63. The molecule has 0 fully saturated rings. The molecule has 0 saturated carbocycles. The molecule has 0 aliphatic rings. The number of carbonyl (C=O) groups excluding carboxylic acids is 1. The van der Waals surface area contributed by atoms with Crippen LogP contribution < -0.4 is 5.32 Å². The number of aromatic amines is 2. The van der Waals surface area contributed by atoms with Crippen molar-refractivity contribution in [2.24, 2.45) is 0 Å². The van der Waals surface area contributed by atoms with Gasteiger partial charge in [0.2, 0.25) is 0 Å². The van der Waals surface area contributed by atoms with Crippen LogP contribution in [-0.4, -0.2) is 41.0 Å². The molecule has 2 aromatic carbocycles. The number of anilines is 1. The number of hydrogen-bond acceptors (Lipinski definition) is 6. The van der Waals surface area contributed by atoms with Gasteiger partial charge in [-0.15, -0.1) is 0 Å². The summed E-state index contributed by atoms with van der Waals surface area (Å²) in [7, 11) is 0. The Hall–Kier alpha value is -5.77. The van der Waals surface area contributed by atoms with E-state index in [1.807, 2.05) is 30.3 Å². The van der Waals surface area contributed by atoms with Gasteiger partial charge in [0.25, 0.3) is 5.91 Å². The zero-order valence-corrected chi connectivity index (χ0v) is 20.8. The van der Waals surface area contributed by atoms with E-state index >= 15 is 4.39 Å². The highest BCUT2D eigenvalue weighted by Gasteiger charge is 2.19. The summed E-state index contributed by atoms with van der Waals surface area (Å²) in [5.41, 5.74) is 5.88. The van der Waals surface area contributed by atoms with Crippen LogP contribution in [-0.2, 0) is 0 Å². The van der Waals surface area contributed by atoms with E-state index in [-0.39, 0.29) is 11.4 Å². The molecule has 10 heteroatoms. The molecule has 0 spiro atoms. The van der Waals surface area contributed by atoms with Gasteiger partial charge >= 0.3 is 0 Å². The van der Waals surface area contributed by atoms with Crippen molar-refractivity contribution in [2.75, 3.05) is 5.32 Å². The first-order chi connectivity index (χ1) is 19.6. The Morgan fingerprint density at radius 1 is 0.825 bits per heavy atom. The van der Waals surface area contributed by atoms with E-state index in [4.69, 9.17) is 4.98 Å². The molecule has 0 radical (unpaired) electrons. The van der Waals surface area contributed by atoms with Crippen molar-refractivity contribution in [3.05, 3.63) is 109 Å². The van der Waals surface area contributed by atoms with Crippen LogP contribution in [0.1, 0.15) is 10.4 Å². The molecule has 3 N–H and O–H groups in total. The largest absolute Gasteiger partial charge is 0.336 e. The predicted molar refractivity (Wildman–Crippen MR) is 150 cm³/mol. The Bertz CT molecular complexity index is 2020. The number of pyridine rings is 3. The number of nitrogens with zero attached hydrogens (tertiary/aromatic N) is 5. The van der Waals surface area contributed by atoms with Crippen LogP contribution in [0.25, 0.3) is 55.8 Å². The van der Waals surface area contributed by atoms with E-state index in [1.54, 1.807) is 61.3 Å². The third kappa shape index (κ3) is 4.13. The average molecular weight is 527 g/mol. The van der Waals surface area contributed by atoms with Gasteiger partial charge in [0.15, 0.2) is 5.82 Å². The summed E-state index contributed by atoms with van der Waals surface area (Å²) < 4.78 is 15.3. The number of aromatic nitrogens is 7. The summed E-state index contributed by atoms with van der Waals surface area (Å²) >= 11 is 0. The lowest BCUT2D eigenvalue weighted by atomic mass is 10.0. The minimum Gasteiger partial charge on any atom is -0.336 e. The molecule has 0 aliphatic heterocycles. The van der Waals surface area contributed by atoms with Gasteiger partial charge in [-0.25, -0.2) is 9.37 Å². The highest BCUT2D eigenvalue weighted by atomic mass is 19.1. The van der Waals surface area contributed by atoms with Crippen molar-refractivity contribution >= 4 is 33.5 Å². The maximum Gasteiger partial charge on any atom is 0.255 e. The van der Waals surface area contributed by atoms with E-state index in [1.165, 1.54) is 6.07 Å². The normalized spacial score (nSPS) is 11.2. The highest BCUT2D eigenvalue weighted by molar-refractivity contribution is 6.04. The Morgan fingerprint density at radius 2 is 1.70 bits per heavy atom. The standard InChI is InChI=1S/C30H19FN8O/c31-23-13-19(20-11-21(16-33-15-20)35-30(40)17-5-2-1-3-6-17)12-22-26(23)38-39-27(22)29-36-24-8-10-34-25(28(24)37-29)18-7-4-9-32-14-18/h1-16H,(H,35,40)(H,36,37)(H,38,39). The molecule has 192 valence electrons. The van der Waals surface area contributed by atoms with Gasteiger partial charge in [-0.1, -0.05) is 18.2 Å². The smallest absolute Gasteiger partial charge is 0.255 e. The Balaban J connectivity index is 1.28. The van der Waals surface area contributed by atoms with Crippen molar-refractivity contribution in [3.63, 3.8) is 0 Å². The topological polar surface area (TPSA) is 125 Å². The molecule has 0 bridgehead atoms. The second-order valence-corrected chi connectivity index (χ2v) is 9.12. The van der Waals surface area contributed by atoms with E-state index in [9.17, 15) is 4.79 Å². The van der Waals surface area contributed by atoms with Gasteiger partial charge in [0.1, 0.15) is 22.5 Å². The lowest BCUT2D eigenvalue weighted by Gasteiger charge is -2.08. The molecule has 9 nitrogen and oxygen atoms in total. The number of fused-ring (bicyclic) bond motifs is 2. The van der Waals surface area contributed by atoms with Crippen LogP contribution in [0, 0.1) is 5.82 Å². The first kappa shape index (κ1) is 23.4. The highest BCUT2D eigenvalue weighted by Crippen LogP contribution is 2.34. The van der Waals surface area contributed by atoms with Crippen molar-refractivity contribution in [3.8, 4) is 33.9 Å². The molecule has 0 aliphatic carbocycles. The molecule has 1 amide bonds. The zero-order chi connectivity index (χ0) is 27.1. The van der Waals surface area contributed by atoms with E-state index in [0.717, 1.165) is 11.1 Å². The van der Waals surface area contributed by atoms with Crippen molar-refractivity contribution in [1.29, 1.82) is 0 Å². The van der Waals surface area contributed by atoms with Crippen LogP contribution >= 0.6 is 0 Å². The number of nitrogens with one attached hydrogen (secondary N) is 3. The van der Waals surface area contributed by atoms with Gasteiger partial charge < -0.3 is 10.3 Å². The molecule has 7 rings (SSSR count). The molecule has 0 saturated heterocycles. The van der Waals surface area contributed by atoms with Gasteiger partial charge in [-0.2, -0.15) is 5.10 Å². The lowest BCUT2D eigenvalue weighted by molar-refractivity contribution is 0.102. The predicted octanol–water partition coefficient (Wildman–Crippen LogP) is 6.02. The molecule has 40 heavy (non-hydrogen) atoms. The summed E-state index contributed by atoms with van der Waals surface area (Å²) in [6, 6.07) is 19.5. The molecule has 5 heterocycles. The van der Waals surface area contributed by atoms with E-state index < -0.39 is 5.82 Å². The van der Waals surface area contributed by atoms with E-state index in [0.29, 0.717) is 50.5 Å². The Labute approximate surface area is 226 Å². The number of rotatable bonds is 5. The second-order valence-electron chi connectivity index (χ2n) is 9.12. The minimum absolute atomic E-state index is 0.256. The summed E-state index contributed by atoms with van der Waals surface area (Å²) in [5, 5.41) is 10.6. The molecule has 0 atom stereocenters. The quantitative estimate of drug-likeness (QED) is 0.252. The van der Waals surface area contributed by atoms with Gasteiger partial charge in [0, 0.05) is 46.9 Å². The molecule has 7 aromatic rings. The third-order valence-electron chi connectivity index (χ3n) is 6.55. The Morgan fingerprint density at radius 3 is 2.55 bits per heavy atom. The maximum absolute atomic E-state index is 15.3. The van der Waals surface area contributed by atoms with Crippen LogP contribution in [0.4, 0.5) is 10.1 Å². The number of amides is 1. The SMILES string of the molecule is O=C(Nc1cncc(-c2cc(F)c3[nH]nc(-c4nc5c(-c6cccnc6)nccc5[nH]4)c3c2)c1)c1ccccc1. The number of hydrogen-bond donors (Lipinski definition) is 3. The second kappa shape index (κ2) is 9.52. The molecule has 0 unspecified atom stereocenters. The first-order valence-corrected chi connectivity index (χ1v) is 12.4. The third-order valence-corrected chi connectivity index (χ3v) is 6.55. The molecular formula is C30H19FN8O. The summed E-state index contributed by atoms with van der Waals surface area (Å²) in [6.45, 7) is 0. The monoisotopic (exact) mass is 526 g/mol. The van der Waals surface area contributed by atoms with Gasteiger partial charge in [-0.05, 0) is 54.1 Å². The van der Waals surface area contributed by atoms with Crippen LogP contribution in [0.5, 0.6) is 0 Å². The van der Waals surface area contributed by atoms with Crippen LogP contribution in [0.15, 0.2) is 97.7 Å². The van der Waals surface area contributed by atoms with Crippen LogP contribution in [0.3, 0.4) is 0 Å². The number of benzene rings is 2. The first-order valence-electron chi connectivity index (χ1n) is 12.4. The van der Waals surface area contributed by atoms with E-state index in [2.05, 4.69) is 35.5 Å². The number of H-pyrrole nitrogens is 2. The number of carbonyl (C=O) groups is 1. The molecule has 5 aromatic heterocycles. The Kier molecular flexibility index (Phi) is 5.56. The summed E-state index contributed by atoms with van der Waals surface area (Å²) in [4.78, 5) is 33.6. The number of imidazole rings is 1. The van der Waals surface area contributed by atoms with Crippen molar-refractivity contribution < 1.29 is 9.18 Å². The van der Waals surface area contributed by atoms with Gasteiger partial charge in [0.05, 0.1) is 23.1 Å². The van der Waals surface area contributed by atoms with Crippen molar-refractivity contribution in [2.45, 2.75) is 0 Å². The van der Waals surface area contributed by atoms with Crippen LogP contribution in [0.2, 0.25) is 0 Å². The summed E-state index contributed by atoms with van der Waals surface area (Å²) in [5.74, 6) is -0.264. The lowest BCUT2D eigenvalue weighted by Crippen LogP contribution is -2.11. The fourth-order valence-corrected chi connectivity index (χ4v) is 4.65. The maximum atomic E-state index is 15.3. The zero-order valence-electron chi connectivity index (χ0n) is 20.8. The van der Waals surface area contributed by atoms with Crippen molar-refractivity contribution in [1.82, 2.24) is 35.1 Å². The fourth-order valence-electron chi connectivity index (χ4n) is 4.65. The molecular weight excluding hydrogens is 507 g/mol. The summed E-state index contributed by atoms with van der Waals surface area (Å²) in [6.07, 6.45) is 8.29.